The SMILES string of the molecule is COc1ccc(C)c2sc(N(CCCn3ccnc3)C(=O)c3ccc(Cl)cc3)nc12. The number of carbonyl (C=O) groups excluding carboxylic acids is 1. The van der Waals surface area contributed by atoms with Gasteiger partial charge in [0.1, 0.15) is 11.3 Å². The predicted octanol–water partition coefficient (Wildman–Crippen LogP) is 5.20. The number of imidazole rings is 1. The summed E-state index contributed by atoms with van der Waals surface area (Å²) in [6, 6.07) is 10.9. The van der Waals surface area contributed by atoms with Gasteiger partial charge in [-0.15, -0.1) is 0 Å². The van der Waals surface area contributed by atoms with Gasteiger partial charge in [0, 0.05) is 36.1 Å². The number of hydrogen-bond donors (Lipinski definition) is 0. The van der Waals surface area contributed by atoms with Crippen molar-refractivity contribution < 1.29 is 9.53 Å². The van der Waals surface area contributed by atoms with Gasteiger partial charge in [-0.2, -0.15) is 0 Å². The summed E-state index contributed by atoms with van der Waals surface area (Å²) >= 11 is 7.50. The van der Waals surface area contributed by atoms with E-state index in [2.05, 4.69) is 4.98 Å². The van der Waals surface area contributed by atoms with Gasteiger partial charge < -0.3 is 9.30 Å². The van der Waals surface area contributed by atoms with E-state index in [1.165, 1.54) is 11.3 Å². The first-order chi connectivity index (χ1) is 14.6. The average Bonchev–Trinajstić information content (AvgIpc) is 3.42. The Balaban J connectivity index is 1.68. The Bertz CT molecular complexity index is 1160. The van der Waals surface area contributed by atoms with E-state index in [0.29, 0.717) is 28.0 Å². The summed E-state index contributed by atoms with van der Waals surface area (Å²) in [7, 11) is 1.63. The van der Waals surface area contributed by atoms with Gasteiger partial charge in [-0.3, -0.25) is 9.69 Å². The van der Waals surface area contributed by atoms with E-state index in [-0.39, 0.29) is 5.91 Å². The van der Waals surface area contributed by atoms with Crippen molar-refractivity contribution in [3.63, 3.8) is 0 Å². The molecule has 8 heteroatoms. The minimum absolute atomic E-state index is 0.104. The van der Waals surface area contributed by atoms with Crippen molar-refractivity contribution in [3.8, 4) is 5.75 Å². The number of rotatable bonds is 7. The number of halogens is 1. The van der Waals surface area contributed by atoms with E-state index in [0.717, 1.165) is 28.7 Å². The number of amides is 1. The van der Waals surface area contributed by atoms with Crippen LogP contribution >= 0.6 is 22.9 Å². The Morgan fingerprint density at radius 3 is 2.73 bits per heavy atom. The number of methoxy groups -OCH3 is 1. The van der Waals surface area contributed by atoms with Crippen LogP contribution in [-0.2, 0) is 6.54 Å². The maximum absolute atomic E-state index is 13.4. The van der Waals surface area contributed by atoms with Gasteiger partial charge in [0.2, 0.25) is 0 Å². The monoisotopic (exact) mass is 440 g/mol. The number of thiazole rings is 1. The molecule has 0 N–H and O–H groups in total. The highest BCUT2D eigenvalue weighted by atomic mass is 35.5. The highest BCUT2D eigenvalue weighted by Gasteiger charge is 2.22. The largest absolute Gasteiger partial charge is 0.494 e. The molecular formula is C22H21ClN4O2S. The van der Waals surface area contributed by atoms with Crippen molar-refractivity contribution in [2.24, 2.45) is 0 Å². The number of carbonyl (C=O) groups is 1. The third-order valence-corrected chi connectivity index (χ3v) is 6.30. The van der Waals surface area contributed by atoms with Gasteiger partial charge >= 0.3 is 0 Å². The third-order valence-electron chi connectivity index (χ3n) is 4.84. The van der Waals surface area contributed by atoms with Crippen LogP contribution in [0, 0.1) is 6.92 Å². The van der Waals surface area contributed by atoms with Crippen LogP contribution in [0.2, 0.25) is 5.02 Å². The number of aromatic nitrogens is 3. The Morgan fingerprint density at radius 2 is 2.03 bits per heavy atom. The van der Waals surface area contributed by atoms with Crippen LogP contribution in [0.15, 0.2) is 55.1 Å². The van der Waals surface area contributed by atoms with Gasteiger partial charge in [0.15, 0.2) is 5.13 Å². The first-order valence-electron chi connectivity index (χ1n) is 9.54. The zero-order valence-electron chi connectivity index (χ0n) is 16.7. The molecule has 0 saturated heterocycles. The molecule has 1 amide bonds. The fraction of sp³-hybridized carbons (Fsp3) is 0.227. The summed E-state index contributed by atoms with van der Waals surface area (Å²) in [5.74, 6) is 0.600. The molecule has 0 spiro atoms. The number of fused-ring (bicyclic) bond motifs is 1. The van der Waals surface area contributed by atoms with Gasteiger partial charge in [-0.05, 0) is 49.2 Å². The van der Waals surface area contributed by atoms with Crippen LogP contribution in [0.1, 0.15) is 22.3 Å². The molecule has 154 valence electrons. The molecule has 0 radical (unpaired) electrons. The van der Waals surface area contributed by atoms with Crippen LogP contribution in [0.3, 0.4) is 0 Å². The van der Waals surface area contributed by atoms with Crippen LogP contribution < -0.4 is 9.64 Å². The second kappa shape index (κ2) is 8.85. The second-order valence-corrected chi connectivity index (χ2v) is 8.29. The fourth-order valence-electron chi connectivity index (χ4n) is 3.24. The van der Waals surface area contributed by atoms with Gasteiger partial charge in [0.25, 0.3) is 5.91 Å². The standard InChI is InChI=1S/C22H21ClN4O2S/c1-15-4-9-18(29-2)19-20(15)30-22(25-19)27(12-3-11-26-13-10-24-14-26)21(28)16-5-7-17(23)8-6-16/h4-10,13-14H,3,11-12H2,1-2H3. The lowest BCUT2D eigenvalue weighted by Gasteiger charge is -2.20. The maximum Gasteiger partial charge on any atom is 0.260 e. The zero-order chi connectivity index (χ0) is 21.1. The quantitative estimate of drug-likeness (QED) is 0.396. The number of hydrogen-bond acceptors (Lipinski definition) is 5. The first-order valence-corrected chi connectivity index (χ1v) is 10.7. The van der Waals surface area contributed by atoms with Gasteiger partial charge in [0.05, 0.1) is 18.1 Å². The minimum atomic E-state index is -0.104. The van der Waals surface area contributed by atoms with E-state index >= 15 is 0 Å². The lowest BCUT2D eigenvalue weighted by molar-refractivity contribution is 0.0986. The predicted molar refractivity (Wildman–Crippen MR) is 121 cm³/mol. The molecule has 0 aliphatic rings. The summed E-state index contributed by atoms with van der Waals surface area (Å²) in [5.41, 5.74) is 2.46. The molecule has 0 atom stereocenters. The fourth-order valence-corrected chi connectivity index (χ4v) is 4.44. The van der Waals surface area contributed by atoms with Crippen LogP contribution in [0.25, 0.3) is 10.2 Å². The summed E-state index contributed by atoms with van der Waals surface area (Å²) in [5, 5.41) is 1.25. The normalized spacial score (nSPS) is 11.0. The highest BCUT2D eigenvalue weighted by molar-refractivity contribution is 7.22. The molecule has 2 aromatic heterocycles. The van der Waals surface area contributed by atoms with Crippen molar-refractivity contribution in [1.82, 2.24) is 14.5 Å². The van der Waals surface area contributed by atoms with E-state index in [9.17, 15) is 4.79 Å². The van der Waals surface area contributed by atoms with Crippen molar-refractivity contribution in [2.75, 3.05) is 18.6 Å². The maximum atomic E-state index is 13.4. The molecule has 30 heavy (non-hydrogen) atoms. The van der Waals surface area contributed by atoms with Gasteiger partial charge in [-0.25, -0.2) is 9.97 Å². The van der Waals surface area contributed by atoms with Crippen LogP contribution in [0.4, 0.5) is 5.13 Å². The van der Waals surface area contributed by atoms with E-state index in [1.54, 1.807) is 48.8 Å². The molecule has 0 unspecified atom stereocenters. The van der Waals surface area contributed by atoms with Crippen molar-refractivity contribution in [3.05, 3.63) is 71.3 Å². The van der Waals surface area contributed by atoms with Crippen LogP contribution in [-0.4, -0.2) is 34.1 Å². The molecule has 0 fully saturated rings. The van der Waals surface area contributed by atoms with Crippen LogP contribution in [0.5, 0.6) is 5.75 Å². The summed E-state index contributed by atoms with van der Waals surface area (Å²) in [4.78, 5) is 24.0. The number of anilines is 1. The molecule has 4 aromatic rings. The summed E-state index contributed by atoms with van der Waals surface area (Å²) < 4.78 is 8.50. The topological polar surface area (TPSA) is 60.2 Å². The molecule has 0 bridgehead atoms. The zero-order valence-corrected chi connectivity index (χ0v) is 18.3. The molecular weight excluding hydrogens is 420 g/mol. The molecule has 2 aromatic carbocycles. The number of nitrogens with zero attached hydrogens (tertiary/aromatic N) is 4. The summed E-state index contributed by atoms with van der Waals surface area (Å²) in [6.45, 7) is 3.33. The van der Waals surface area contributed by atoms with Crippen molar-refractivity contribution in [1.29, 1.82) is 0 Å². The Kier molecular flexibility index (Phi) is 6.01. The highest BCUT2D eigenvalue weighted by Crippen LogP contribution is 2.37. The molecule has 2 heterocycles. The number of aryl methyl sites for hydroxylation is 2. The second-order valence-electron chi connectivity index (χ2n) is 6.88. The lowest BCUT2D eigenvalue weighted by Crippen LogP contribution is -2.32. The smallest absolute Gasteiger partial charge is 0.260 e. The van der Waals surface area contributed by atoms with E-state index in [4.69, 9.17) is 21.3 Å². The van der Waals surface area contributed by atoms with Gasteiger partial charge in [-0.1, -0.05) is 29.0 Å². The number of ether oxygens (including phenoxy) is 1. The first kappa shape index (κ1) is 20.4. The van der Waals surface area contributed by atoms with Crippen molar-refractivity contribution >= 4 is 44.2 Å². The Labute approximate surface area is 183 Å². The molecule has 0 aliphatic heterocycles. The lowest BCUT2D eigenvalue weighted by atomic mass is 10.2. The van der Waals surface area contributed by atoms with Crippen molar-refractivity contribution in [2.45, 2.75) is 19.9 Å². The molecule has 4 rings (SSSR count). The Morgan fingerprint density at radius 1 is 1.23 bits per heavy atom. The number of benzene rings is 2. The minimum Gasteiger partial charge on any atom is -0.494 e. The molecule has 0 saturated carbocycles. The molecule has 0 aliphatic carbocycles. The third kappa shape index (κ3) is 4.17. The van der Waals surface area contributed by atoms with E-state index < -0.39 is 0 Å². The Hall–Kier alpha value is -2.90. The average molecular weight is 441 g/mol. The van der Waals surface area contributed by atoms with E-state index in [1.807, 2.05) is 29.8 Å². The summed E-state index contributed by atoms with van der Waals surface area (Å²) in [6.07, 6.45) is 6.20. The molecule has 6 nitrogen and oxygen atoms in total.